The molecule has 0 saturated carbocycles. The summed E-state index contributed by atoms with van der Waals surface area (Å²) in [7, 11) is 1.63. The zero-order chi connectivity index (χ0) is 16.4. The Morgan fingerprint density at radius 1 is 1.08 bits per heavy atom. The highest BCUT2D eigenvalue weighted by molar-refractivity contribution is 5.56. The normalized spacial score (nSPS) is 25.0. The molecule has 0 unspecified atom stereocenters. The van der Waals surface area contributed by atoms with Gasteiger partial charge in [0.2, 0.25) is 5.88 Å². The summed E-state index contributed by atoms with van der Waals surface area (Å²) in [6, 6.07) is 4.65. The molecule has 4 rings (SSSR count). The topological polar surface area (TPSA) is 52.4 Å². The fourth-order valence-electron chi connectivity index (χ4n) is 3.86. The highest BCUT2D eigenvalue weighted by atomic mass is 16.5. The molecular weight excluding hydrogens is 304 g/mol. The van der Waals surface area contributed by atoms with E-state index in [1.54, 1.807) is 13.3 Å². The standard InChI is InChI=1S/C18H24N4O2/c1-23-17-11-14(5-6-19-17)18-20-7-10-22(18)16-13-24-12-15(16)21-8-3-2-4-9-21/h5-7,10-11,15-16H,2-4,8-9,12-13H2,1H3/t15-,16-/m0/s1. The lowest BCUT2D eigenvalue weighted by Gasteiger charge is -2.35. The Labute approximate surface area is 142 Å². The van der Waals surface area contributed by atoms with Gasteiger partial charge in [-0.15, -0.1) is 0 Å². The van der Waals surface area contributed by atoms with E-state index in [1.807, 2.05) is 18.3 Å². The molecular formula is C18H24N4O2. The number of hydrogen-bond acceptors (Lipinski definition) is 5. The zero-order valence-electron chi connectivity index (χ0n) is 14.1. The molecule has 128 valence electrons. The lowest BCUT2D eigenvalue weighted by atomic mass is 10.0. The van der Waals surface area contributed by atoms with Crippen LogP contribution >= 0.6 is 0 Å². The molecule has 2 fully saturated rings. The van der Waals surface area contributed by atoms with Crippen LogP contribution in [0.5, 0.6) is 5.88 Å². The molecule has 2 saturated heterocycles. The van der Waals surface area contributed by atoms with E-state index in [1.165, 1.54) is 32.4 Å². The molecule has 4 heterocycles. The summed E-state index contributed by atoms with van der Waals surface area (Å²) >= 11 is 0. The molecule has 6 nitrogen and oxygen atoms in total. The van der Waals surface area contributed by atoms with E-state index in [4.69, 9.17) is 9.47 Å². The monoisotopic (exact) mass is 328 g/mol. The number of imidazole rings is 1. The molecule has 2 aliphatic rings. The number of likely N-dealkylation sites (tertiary alicyclic amines) is 1. The van der Waals surface area contributed by atoms with E-state index in [0.717, 1.165) is 24.6 Å². The van der Waals surface area contributed by atoms with Crippen LogP contribution in [0.2, 0.25) is 0 Å². The van der Waals surface area contributed by atoms with Gasteiger partial charge in [-0.2, -0.15) is 0 Å². The van der Waals surface area contributed by atoms with E-state index in [9.17, 15) is 0 Å². The molecule has 0 aromatic carbocycles. The second-order valence-electron chi connectivity index (χ2n) is 6.51. The molecule has 0 radical (unpaired) electrons. The smallest absolute Gasteiger partial charge is 0.213 e. The number of nitrogens with zero attached hydrogens (tertiary/aromatic N) is 4. The number of aromatic nitrogens is 3. The number of hydrogen-bond donors (Lipinski definition) is 0. The third-order valence-electron chi connectivity index (χ3n) is 5.11. The van der Waals surface area contributed by atoms with Crippen molar-refractivity contribution in [3.05, 3.63) is 30.7 Å². The van der Waals surface area contributed by atoms with E-state index >= 15 is 0 Å². The third-order valence-corrected chi connectivity index (χ3v) is 5.11. The van der Waals surface area contributed by atoms with Crippen LogP contribution in [0.4, 0.5) is 0 Å². The van der Waals surface area contributed by atoms with Crippen molar-refractivity contribution < 1.29 is 9.47 Å². The minimum atomic E-state index is 0.305. The predicted octanol–water partition coefficient (Wildman–Crippen LogP) is 2.38. The van der Waals surface area contributed by atoms with Gasteiger partial charge in [-0.1, -0.05) is 6.42 Å². The summed E-state index contributed by atoms with van der Waals surface area (Å²) in [5.74, 6) is 1.56. The van der Waals surface area contributed by atoms with Gasteiger partial charge < -0.3 is 14.0 Å². The van der Waals surface area contributed by atoms with Crippen LogP contribution in [0, 0.1) is 0 Å². The lowest BCUT2D eigenvalue weighted by molar-refractivity contribution is 0.122. The van der Waals surface area contributed by atoms with Crippen molar-refractivity contribution in [2.75, 3.05) is 33.4 Å². The minimum absolute atomic E-state index is 0.305. The van der Waals surface area contributed by atoms with E-state index in [-0.39, 0.29) is 0 Å². The van der Waals surface area contributed by atoms with Gasteiger partial charge >= 0.3 is 0 Å². The minimum Gasteiger partial charge on any atom is -0.481 e. The van der Waals surface area contributed by atoms with E-state index < -0.39 is 0 Å². The lowest BCUT2D eigenvalue weighted by Crippen LogP contribution is -2.44. The quantitative estimate of drug-likeness (QED) is 0.862. The maximum Gasteiger partial charge on any atom is 0.213 e. The summed E-state index contributed by atoms with van der Waals surface area (Å²) in [6.07, 6.45) is 9.64. The van der Waals surface area contributed by atoms with Crippen molar-refractivity contribution in [3.63, 3.8) is 0 Å². The van der Waals surface area contributed by atoms with Gasteiger partial charge in [0.25, 0.3) is 0 Å². The second-order valence-corrected chi connectivity index (χ2v) is 6.51. The number of ether oxygens (including phenoxy) is 2. The Morgan fingerprint density at radius 3 is 2.75 bits per heavy atom. The molecule has 0 amide bonds. The molecule has 0 N–H and O–H groups in total. The van der Waals surface area contributed by atoms with Gasteiger partial charge in [0.05, 0.1) is 32.4 Å². The van der Waals surface area contributed by atoms with Crippen molar-refractivity contribution in [1.82, 2.24) is 19.4 Å². The van der Waals surface area contributed by atoms with Crippen molar-refractivity contribution in [1.29, 1.82) is 0 Å². The van der Waals surface area contributed by atoms with Crippen LogP contribution in [0.3, 0.4) is 0 Å². The van der Waals surface area contributed by atoms with Gasteiger partial charge in [-0.25, -0.2) is 9.97 Å². The third kappa shape index (κ3) is 2.91. The average Bonchev–Trinajstić information content (AvgIpc) is 3.31. The van der Waals surface area contributed by atoms with Crippen molar-refractivity contribution >= 4 is 0 Å². The Morgan fingerprint density at radius 2 is 1.92 bits per heavy atom. The number of pyridine rings is 1. The summed E-state index contributed by atoms with van der Waals surface area (Å²) in [6.45, 7) is 3.91. The molecule has 2 aliphatic heterocycles. The highest BCUT2D eigenvalue weighted by Crippen LogP contribution is 2.31. The first-order valence-electron chi connectivity index (χ1n) is 8.72. The molecule has 6 heteroatoms. The fraction of sp³-hybridized carbons (Fsp3) is 0.556. The highest BCUT2D eigenvalue weighted by Gasteiger charge is 2.35. The largest absolute Gasteiger partial charge is 0.481 e. The molecule has 0 spiro atoms. The molecule has 0 bridgehead atoms. The predicted molar refractivity (Wildman–Crippen MR) is 91.1 cm³/mol. The van der Waals surface area contributed by atoms with Crippen LogP contribution in [0.15, 0.2) is 30.7 Å². The Balaban J connectivity index is 1.63. The first kappa shape index (κ1) is 15.6. The van der Waals surface area contributed by atoms with Crippen LogP contribution in [-0.2, 0) is 4.74 Å². The first-order valence-corrected chi connectivity index (χ1v) is 8.72. The van der Waals surface area contributed by atoms with Crippen molar-refractivity contribution in [2.45, 2.75) is 31.3 Å². The van der Waals surface area contributed by atoms with Crippen molar-refractivity contribution in [2.24, 2.45) is 0 Å². The second kappa shape index (κ2) is 6.91. The Kier molecular flexibility index (Phi) is 4.49. The molecule has 0 aliphatic carbocycles. The maximum absolute atomic E-state index is 5.86. The summed E-state index contributed by atoms with van der Waals surface area (Å²) in [4.78, 5) is 11.4. The zero-order valence-corrected chi connectivity index (χ0v) is 14.1. The van der Waals surface area contributed by atoms with Gasteiger partial charge in [-0.05, 0) is 32.0 Å². The van der Waals surface area contributed by atoms with Gasteiger partial charge in [-0.3, -0.25) is 4.90 Å². The first-order chi connectivity index (χ1) is 11.9. The fourth-order valence-corrected chi connectivity index (χ4v) is 3.86. The summed E-state index contributed by atoms with van der Waals surface area (Å²) in [5.41, 5.74) is 1.02. The van der Waals surface area contributed by atoms with E-state index in [2.05, 4.69) is 25.6 Å². The molecule has 2 aromatic rings. The van der Waals surface area contributed by atoms with Gasteiger partial charge in [0, 0.05) is 30.2 Å². The van der Waals surface area contributed by atoms with Crippen LogP contribution in [0.1, 0.15) is 25.3 Å². The summed E-state index contributed by atoms with van der Waals surface area (Å²) in [5, 5.41) is 0. The Bertz CT molecular complexity index is 681. The van der Waals surface area contributed by atoms with Crippen LogP contribution in [0.25, 0.3) is 11.4 Å². The number of piperidine rings is 1. The molecule has 24 heavy (non-hydrogen) atoms. The SMILES string of the molecule is COc1cc(-c2nccn2[C@H]2COC[C@@H]2N2CCCCC2)ccn1. The number of rotatable bonds is 4. The maximum atomic E-state index is 5.86. The Hall–Kier alpha value is -1.92. The van der Waals surface area contributed by atoms with E-state index in [0.29, 0.717) is 18.0 Å². The van der Waals surface area contributed by atoms with Gasteiger partial charge in [0.1, 0.15) is 5.82 Å². The summed E-state index contributed by atoms with van der Waals surface area (Å²) < 4.78 is 13.4. The average molecular weight is 328 g/mol. The number of methoxy groups -OCH3 is 1. The van der Waals surface area contributed by atoms with Crippen LogP contribution in [-0.4, -0.2) is 58.9 Å². The molecule has 2 aromatic heterocycles. The molecule has 2 atom stereocenters. The van der Waals surface area contributed by atoms with Crippen molar-refractivity contribution in [3.8, 4) is 17.3 Å². The van der Waals surface area contributed by atoms with Crippen LogP contribution < -0.4 is 4.74 Å². The van der Waals surface area contributed by atoms with Gasteiger partial charge in [0.15, 0.2) is 0 Å².